The molecule has 0 aromatic carbocycles. The first-order valence-electron chi connectivity index (χ1n) is 7.19. The molecule has 5 heteroatoms. The van der Waals surface area contributed by atoms with Gasteiger partial charge >= 0.3 is 5.97 Å². The smallest absolute Gasteiger partial charge is 0.338 e. The molecule has 2 bridgehead atoms. The maximum Gasteiger partial charge on any atom is 0.338 e. The van der Waals surface area contributed by atoms with Gasteiger partial charge in [0.1, 0.15) is 0 Å². The predicted octanol–water partition coefficient (Wildman–Crippen LogP) is 1.09. The van der Waals surface area contributed by atoms with Crippen molar-refractivity contribution >= 4 is 5.97 Å². The summed E-state index contributed by atoms with van der Waals surface area (Å²) in [6.45, 7) is 3.99. The summed E-state index contributed by atoms with van der Waals surface area (Å²) < 4.78 is 5.65. The second-order valence-electron chi connectivity index (χ2n) is 7.11. The molecule has 0 aromatic heterocycles. The molecule has 1 saturated carbocycles. The Balaban J connectivity index is 1.96. The molecule has 3 N–H and O–H groups in total. The van der Waals surface area contributed by atoms with Crippen molar-refractivity contribution < 1.29 is 24.9 Å². The molecule has 4 atom stereocenters. The Labute approximate surface area is 118 Å². The topological polar surface area (TPSA) is 87.0 Å². The fourth-order valence-corrected chi connectivity index (χ4v) is 4.28. The highest BCUT2D eigenvalue weighted by Crippen LogP contribution is 2.58. The number of aliphatic hydroxyl groups is 2. The van der Waals surface area contributed by atoms with Crippen molar-refractivity contribution in [3.63, 3.8) is 0 Å². The third-order valence-electron chi connectivity index (χ3n) is 5.43. The molecular formula is C15H22O5. The summed E-state index contributed by atoms with van der Waals surface area (Å²) in [5, 5.41) is 30.1. The van der Waals surface area contributed by atoms with Gasteiger partial charge in [0.25, 0.3) is 0 Å². The summed E-state index contributed by atoms with van der Waals surface area (Å²) in [6, 6.07) is 0. The molecule has 0 amide bonds. The number of aliphatic carboxylic acids is 1. The van der Waals surface area contributed by atoms with Crippen LogP contribution >= 0.6 is 0 Å². The lowest BCUT2D eigenvalue weighted by Gasteiger charge is -2.35. The minimum Gasteiger partial charge on any atom is -0.479 e. The third-order valence-corrected chi connectivity index (χ3v) is 5.43. The summed E-state index contributed by atoms with van der Waals surface area (Å²) in [7, 11) is 0. The highest BCUT2D eigenvalue weighted by atomic mass is 16.5. The minimum absolute atomic E-state index is 0.0980. The Morgan fingerprint density at radius 2 is 2.20 bits per heavy atom. The number of hydrogen-bond acceptors (Lipinski definition) is 4. The molecule has 0 unspecified atom stereocenters. The molecule has 20 heavy (non-hydrogen) atoms. The normalized spacial score (nSPS) is 43.9. The van der Waals surface area contributed by atoms with E-state index >= 15 is 0 Å². The summed E-state index contributed by atoms with van der Waals surface area (Å²) in [6.07, 6.45) is 3.55. The number of hydrogen-bond donors (Lipinski definition) is 3. The van der Waals surface area contributed by atoms with Crippen LogP contribution in [0, 0.1) is 11.3 Å². The first kappa shape index (κ1) is 14.0. The summed E-state index contributed by atoms with van der Waals surface area (Å²) in [5.41, 5.74) is -1.87. The highest BCUT2D eigenvalue weighted by Gasteiger charge is 2.61. The fraction of sp³-hybridized carbons (Fsp3) is 0.800. The number of allylic oxidation sites excluding steroid dienone is 1. The Kier molecular flexibility index (Phi) is 2.85. The van der Waals surface area contributed by atoms with E-state index in [1.807, 2.05) is 0 Å². The van der Waals surface area contributed by atoms with E-state index in [0.717, 1.165) is 12.0 Å². The third kappa shape index (κ3) is 1.76. The quantitative estimate of drug-likeness (QED) is 0.660. The van der Waals surface area contributed by atoms with Crippen LogP contribution in [0.3, 0.4) is 0 Å². The Morgan fingerprint density at radius 3 is 2.80 bits per heavy atom. The molecule has 3 aliphatic rings. The molecule has 3 rings (SSSR count). The highest BCUT2D eigenvalue weighted by molar-refractivity contribution is 5.78. The maximum atomic E-state index is 11.4. The lowest BCUT2D eigenvalue weighted by Crippen LogP contribution is -2.49. The van der Waals surface area contributed by atoms with Crippen LogP contribution in [0.5, 0.6) is 0 Å². The largest absolute Gasteiger partial charge is 0.479 e. The van der Waals surface area contributed by atoms with Crippen LogP contribution in [0.4, 0.5) is 0 Å². The van der Waals surface area contributed by atoms with Gasteiger partial charge in [-0.1, -0.05) is 6.08 Å². The number of ether oxygens (including phenoxy) is 1. The monoisotopic (exact) mass is 282 g/mol. The van der Waals surface area contributed by atoms with Crippen molar-refractivity contribution in [2.45, 2.75) is 56.8 Å². The number of rotatable bonds is 2. The van der Waals surface area contributed by atoms with E-state index in [9.17, 15) is 20.1 Å². The van der Waals surface area contributed by atoms with Crippen molar-refractivity contribution in [3.8, 4) is 0 Å². The maximum absolute atomic E-state index is 11.4. The zero-order valence-corrected chi connectivity index (χ0v) is 11.9. The molecule has 1 spiro atoms. The van der Waals surface area contributed by atoms with Crippen LogP contribution in [0.25, 0.3) is 0 Å². The van der Waals surface area contributed by atoms with Crippen LogP contribution in [-0.4, -0.2) is 45.2 Å². The summed E-state index contributed by atoms with van der Waals surface area (Å²) >= 11 is 0. The van der Waals surface area contributed by atoms with Gasteiger partial charge in [-0.05, 0) is 51.0 Å². The molecule has 5 nitrogen and oxygen atoms in total. The molecule has 1 heterocycles. The lowest BCUT2D eigenvalue weighted by atomic mass is 9.71. The van der Waals surface area contributed by atoms with Crippen LogP contribution in [0.15, 0.2) is 11.6 Å². The Hall–Kier alpha value is -0.910. The molecule has 0 aromatic rings. The number of fused-ring (bicyclic) bond motifs is 1. The van der Waals surface area contributed by atoms with Crippen LogP contribution in [0.2, 0.25) is 0 Å². The van der Waals surface area contributed by atoms with Crippen LogP contribution in [0.1, 0.15) is 39.5 Å². The zero-order chi connectivity index (χ0) is 14.8. The van der Waals surface area contributed by atoms with Gasteiger partial charge in [0.05, 0.1) is 18.3 Å². The standard InChI is InChI=1S/C15H22O5/c1-13(2,18)9-3-5-14-7-11(20-8-14)15(19,12(16)17)6-4-10(9)14/h3,10-11,18-19H,4-8H2,1-2H3,(H,16,17)/t10-,11-,14-,15-/m1/s1. The summed E-state index contributed by atoms with van der Waals surface area (Å²) in [5.74, 6) is -1.10. The molecule has 0 radical (unpaired) electrons. The van der Waals surface area contributed by atoms with Gasteiger partial charge in [-0.2, -0.15) is 0 Å². The molecule has 2 aliphatic carbocycles. The summed E-state index contributed by atoms with van der Waals surface area (Å²) in [4.78, 5) is 11.4. The lowest BCUT2D eigenvalue weighted by molar-refractivity contribution is -0.175. The van der Waals surface area contributed by atoms with Crippen LogP contribution in [-0.2, 0) is 9.53 Å². The number of carboxylic acids is 1. The van der Waals surface area contributed by atoms with Gasteiger partial charge in [0.2, 0.25) is 0 Å². The zero-order valence-electron chi connectivity index (χ0n) is 11.9. The van der Waals surface area contributed by atoms with E-state index in [0.29, 0.717) is 19.4 Å². The van der Waals surface area contributed by atoms with Crippen molar-refractivity contribution in [1.29, 1.82) is 0 Å². The van der Waals surface area contributed by atoms with E-state index in [2.05, 4.69) is 6.08 Å². The Morgan fingerprint density at radius 1 is 1.50 bits per heavy atom. The van der Waals surface area contributed by atoms with E-state index in [1.165, 1.54) is 0 Å². The number of carboxylic acid groups (broad SMARTS) is 1. The molecular weight excluding hydrogens is 260 g/mol. The molecule has 1 aliphatic heterocycles. The average molecular weight is 282 g/mol. The van der Waals surface area contributed by atoms with Crippen LogP contribution < -0.4 is 0 Å². The SMILES string of the molecule is CC(C)(O)C1=CC[C@]23CO[C@H](C2)[C@@](O)(C(=O)O)CC[C@H]13. The van der Waals surface area contributed by atoms with Gasteiger partial charge in [0.15, 0.2) is 5.60 Å². The van der Waals surface area contributed by atoms with Crippen molar-refractivity contribution in [2.75, 3.05) is 6.61 Å². The van der Waals surface area contributed by atoms with Gasteiger partial charge in [-0.25, -0.2) is 4.79 Å². The molecule has 112 valence electrons. The first-order valence-corrected chi connectivity index (χ1v) is 7.19. The van der Waals surface area contributed by atoms with Crippen molar-refractivity contribution in [1.82, 2.24) is 0 Å². The van der Waals surface area contributed by atoms with Gasteiger partial charge in [0, 0.05) is 5.41 Å². The molecule has 1 saturated heterocycles. The Bertz CT molecular complexity index is 477. The van der Waals surface area contributed by atoms with E-state index < -0.39 is 23.3 Å². The first-order chi connectivity index (χ1) is 9.19. The number of carbonyl (C=O) groups is 1. The van der Waals surface area contributed by atoms with Crippen molar-refractivity contribution in [3.05, 3.63) is 11.6 Å². The minimum atomic E-state index is -1.79. The van der Waals surface area contributed by atoms with E-state index in [4.69, 9.17) is 4.74 Å². The second kappa shape index (κ2) is 4.06. The van der Waals surface area contributed by atoms with Gasteiger partial charge in [-0.3, -0.25) is 0 Å². The van der Waals surface area contributed by atoms with Crippen molar-refractivity contribution in [2.24, 2.45) is 11.3 Å². The van der Waals surface area contributed by atoms with E-state index in [1.54, 1.807) is 13.8 Å². The average Bonchev–Trinajstić information content (AvgIpc) is 2.88. The predicted molar refractivity (Wildman–Crippen MR) is 71.1 cm³/mol. The molecule has 2 fully saturated rings. The van der Waals surface area contributed by atoms with E-state index in [-0.39, 0.29) is 17.8 Å². The second-order valence-corrected chi connectivity index (χ2v) is 7.11. The van der Waals surface area contributed by atoms with Gasteiger partial charge in [-0.15, -0.1) is 0 Å². The fourth-order valence-electron chi connectivity index (χ4n) is 4.28. The van der Waals surface area contributed by atoms with Gasteiger partial charge < -0.3 is 20.1 Å².